The quantitative estimate of drug-likeness (QED) is 0.711. The van der Waals surface area contributed by atoms with Gasteiger partial charge in [-0.15, -0.1) is 0 Å². The number of nitrogens with zero attached hydrogens (tertiary/aromatic N) is 1. The summed E-state index contributed by atoms with van der Waals surface area (Å²) in [4.78, 5) is 0.274. The van der Waals surface area contributed by atoms with E-state index in [-0.39, 0.29) is 11.4 Å². The predicted octanol–water partition coefficient (Wildman–Crippen LogP) is 0.998. The minimum absolute atomic E-state index is 0.219. The van der Waals surface area contributed by atoms with Crippen LogP contribution in [0.5, 0.6) is 0 Å². The molecule has 0 fully saturated rings. The summed E-state index contributed by atoms with van der Waals surface area (Å²) in [5, 5.41) is 9.59. The summed E-state index contributed by atoms with van der Waals surface area (Å²) in [7, 11) is -3.50. The molecule has 0 aliphatic rings. The van der Waals surface area contributed by atoms with E-state index in [1.807, 2.05) is 13.0 Å². The first-order valence-electron chi connectivity index (χ1n) is 6.39. The molecular formula is C13H18N4O2S. The fourth-order valence-electron chi connectivity index (χ4n) is 1.73. The van der Waals surface area contributed by atoms with Gasteiger partial charge in [0.05, 0.1) is 11.1 Å². The van der Waals surface area contributed by atoms with Gasteiger partial charge in [-0.05, 0) is 24.2 Å². The Morgan fingerprint density at radius 2 is 2.10 bits per heavy atom. The van der Waals surface area contributed by atoms with E-state index in [1.165, 1.54) is 0 Å². The maximum atomic E-state index is 12.2. The number of sulfonamides is 1. The first-order valence-corrected chi connectivity index (χ1v) is 7.87. The molecule has 1 aromatic heterocycles. The highest BCUT2D eigenvalue weighted by atomic mass is 32.2. The van der Waals surface area contributed by atoms with E-state index in [0.29, 0.717) is 6.54 Å². The van der Waals surface area contributed by atoms with Crippen molar-refractivity contribution in [2.75, 3.05) is 6.54 Å². The van der Waals surface area contributed by atoms with Crippen LogP contribution < -0.4 is 10.0 Å². The Morgan fingerprint density at radius 1 is 1.25 bits per heavy atom. The number of benzene rings is 1. The zero-order chi connectivity index (χ0) is 14.4. The van der Waals surface area contributed by atoms with Crippen LogP contribution in [0.1, 0.15) is 18.1 Å². The zero-order valence-electron chi connectivity index (χ0n) is 11.3. The molecule has 20 heavy (non-hydrogen) atoms. The second-order valence-electron chi connectivity index (χ2n) is 4.36. The van der Waals surface area contributed by atoms with Crippen LogP contribution in [0, 0.1) is 0 Å². The number of nitrogens with one attached hydrogen (secondary N) is 3. The van der Waals surface area contributed by atoms with Gasteiger partial charge in [0.15, 0.2) is 0 Å². The molecule has 0 radical (unpaired) electrons. The Labute approximate surface area is 118 Å². The topological polar surface area (TPSA) is 86.9 Å². The van der Waals surface area contributed by atoms with Crippen molar-refractivity contribution in [2.24, 2.45) is 0 Å². The standard InChI is InChI=1S/C13H18N4O2S/c1-2-14-7-11-4-3-5-13(6-11)20(18,19)17-10-12-8-15-16-9-12/h3-6,8-9,14,17H,2,7,10H2,1H3,(H,15,16). The van der Waals surface area contributed by atoms with Crippen LogP contribution in [-0.2, 0) is 23.1 Å². The average Bonchev–Trinajstić information content (AvgIpc) is 2.97. The third-order valence-corrected chi connectivity index (χ3v) is 4.21. The smallest absolute Gasteiger partial charge is 0.240 e. The highest BCUT2D eigenvalue weighted by Crippen LogP contribution is 2.12. The second kappa shape index (κ2) is 6.65. The van der Waals surface area contributed by atoms with Crippen molar-refractivity contribution in [2.45, 2.75) is 24.9 Å². The lowest BCUT2D eigenvalue weighted by Crippen LogP contribution is -2.23. The van der Waals surface area contributed by atoms with Gasteiger partial charge >= 0.3 is 0 Å². The first kappa shape index (κ1) is 14.7. The maximum Gasteiger partial charge on any atom is 0.240 e. The Balaban J connectivity index is 2.08. The number of aromatic nitrogens is 2. The Bertz CT molecular complexity index is 638. The Hall–Kier alpha value is -1.70. The van der Waals surface area contributed by atoms with Gasteiger partial charge in [-0.1, -0.05) is 19.1 Å². The van der Waals surface area contributed by atoms with Crippen LogP contribution >= 0.6 is 0 Å². The van der Waals surface area contributed by atoms with Crippen LogP contribution in [0.25, 0.3) is 0 Å². The van der Waals surface area contributed by atoms with Gasteiger partial charge < -0.3 is 5.32 Å². The normalized spacial score (nSPS) is 11.7. The van der Waals surface area contributed by atoms with E-state index in [9.17, 15) is 8.42 Å². The molecular weight excluding hydrogens is 276 g/mol. The van der Waals surface area contributed by atoms with Crippen LogP contribution in [0.4, 0.5) is 0 Å². The summed E-state index contributed by atoms with van der Waals surface area (Å²) in [5.74, 6) is 0. The van der Waals surface area contributed by atoms with Crippen molar-refractivity contribution < 1.29 is 8.42 Å². The fraction of sp³-hybridized carbons (Fsp3) is 0.308. The third-order valence-electron chi connectivity index (χ3n) is 2.81. The Morgan fingerprint density at radius 3 is 2.80 bits per heavy atom. The van der Waals surface area contributed by atoms with Crippen LogP contribution in [0.2, 0.25) is 0 Å². The van der Waals surface area contributed by atoms with E-state index in [2.05, 4.69) is 20.2 Å². The summed E-state index contributed by atoms with van der Waals surface area (Å²) in [6.07, 6.45) is 3.24. The van der Waals surface area contributed by atoms with Crippen molar-refractivity contribution in [3.8, 4) is 0 Å². The van der Waals surface area contributed by atoms with Crippen LogP contribution in [0.15, 0.2) is 41.6 Å². The van der Waals surface area contributed by atoms with Gasteiger partial charge in [-0.2, -0.15) is 5.10 Å². The second-order valence-corrected chi connectivity index (χ2v) is 6.13. The molecule has 0 aliphatic carbocycles. The summed E-state index contributed by atoms with van der Waals surface area (Å²) in [6.45, 7) is 3.72. The van der Waals surface area contributed by atoms with E-state index in [0.717, 1.165) is 17.7 Å². The minimum Gasteiger partial charge on any atom is -0.313 e. The van der Waals surface area contributed by atoms with Crippen molar-refractivity contribution in [1.82, 2.24) is 20.2 Å². The van der Waals surface area contributed by atoms with Crippen molar-refractivity contribution in [1.29, 1.82) is 0 Å². The predicted molar refractivity (Wildman–Crippen MR) is 76.4 cm³/mol. The van der Waals surface area contributed by atoms with Crippen molar-refractivity contribution >= 4 is 10.0 Å². The van der Waals surface area contributed by atoms with E-state index < -0.39 is 10.0 Å². The molecule has 0 amide bonds. The van der Waals surface area contributed by atoms with Gasteiger partial charge in [0.2, 0.25) is 10.0 Å². The molecule has 7 heteroatoms. The summed E-state index contributed by atoms with van der Waals surface area (Å²) in [6, 6.07) is 6.92. The molecule has 0 aliphatic heterocycles. The lowest BCUT2D eigenvalue weighted by Gasteiger charge is -2.08. The molecule has 0 unspecified atom stereocenters. The Kier molecular flexibility index (Phi) is 4.89. The summed E-state index contributed by atoms with van der Waals surface area (Å²) >= 11 is 0. The molecule has 2 aromatic rings. The van der Waals surface area contributed by atoms with E-state index in [4.69, 9.17) is 0 Å². The molecule has 0 saturated heterocycles. The number of hydrogen-bond acceptors (Lipinski definition) is 4. The first-order chi connectivity index (χ1) is 9.62. The molecule has 2 rings (SSSR count). The van der Waals surface area contributed by atoms with Gasteiger partial charge in [0.1, 0.15) is 0 Å². The van der Waals surface area contributed by atoms with Gasteiger partial charge in [0, 0.05) is 24.8 Å². The zero-order valence-corrected chi connectivity index (χ0v) is 12.1. The highest BCUT2D eigenvalue weighted by Gasteiger charge is 2.14. The molecule has 0 saturated carbocycles. The molecule has 3 N–H and O–H groups in total. The molecule has 1 aromatic carbocycles. The third kappa shape index (κ3) is 3.89. The molecule has 6 nitrogen and oxygen atoms in total. The average molecular weight is 294 g/mol. The van der Waals surface area contributed by atoms with Crippen LogP contribution in [0.3, 0.4) is 0 Å². The van der Waals surface area contributed by atoms with Crippen LogP contribution in [-0.4, -0.2) is 25.2 Å². The van der Waals surface area contributed by atoms with E-state index in [1.54, 1.807) is 30.6 Å². The number of hydrogen-bond donors (Lipinski definition) is 3. The van der Waals surface area contributed by atoms with Crippen molar-refractivity contribution in [3.05, 3.63) is 47.8 Å². The maximum absolute atomic E-state index is 12.2. The van der Waals surface area contributed by atoms with Crippen molar-refractivity contribution in [3.63, 3.8) is 0 Å². The fourth-order valence-corrected chi connectivity index (χ4v) is 2.82. The molecule has 108 valence electrons. The number of rotatable bonds is 7. The lowest BCUT2D eigenvalue weighted by atomic mass is 10.2. The largest absolute Gasteiger partial charge is 0.313 e. The minimum atomic E-state index is -3.50. The lowest BCUT2D eigenvalue weighted by molar-refractivity contribution is 0.581. The summed E-state index contributed by atoms with van der Waals surface area (Å²) in [5.41, 5.74) is 1.73. The molecule has 0 spiro atoms. The SMILES string of the molecule is CCNCc1cccc(S(=O)(=O)NCc2cn[nH]c2)c1. The van der Waals surface area contributed by atoms with Gasteiger partial charge in [0.25, 0.3) is 0 Å². The number of aromatic amines is 1. The molecule has 0 bridgehead atoms. The molecule has 1 heterocycles. The molecule has 0 atom stereocenters. The van der Waals surface area contributed by atoms with Gasteiger partial charge in [-0.25, -0.2) is 13.1 Å². The summed E-state index contributed by atoms with van der Waals surface area (Å²) < 4.78 is 26.9. The highest BCUT2D eigenvalue weighted by molar-refractivity contribution is 7.89. The van der Waals surface area contributed by atoms with E-state index >= 15 is 0 Å². The monoisotopic (exact) mass is 294 g/mol. The van der Waals surface area contributed by atoms with Gasteiger partial charge in [-0.3, -0.25) is 5.10 Å². The number of H-pyrrole nitrogens is 1.